The summed E-state index contributed by atoms with van der Waals surface area (Å²) in [6.45, 7) is 0.773. The average molecular weight is 365 g/mol. The number of hydrogen-bond acceptors (Lipinski definition) is 6. The van der Waals surface area contributed by atoms with Crippen LogP contribution in [-0.2, 0) is 27.1 Å². The highest BCUT2D eigenvalue weighted by atomic mass is 32.1. The van der Waals surface area contributed by atoms with Gasteiger partial charge in [0.05, 0.1) is 5.56 Å². The highest BCUT2D eigenvalue weighted by molar-refractivity contribution is 7.17. The molecule has 2 amide bonds. The number of amides is 2. The van der Waals surface area contributed by atoms with Crippen LogP contribution in [0.2, 0.25) is 0 Å². The van der Waals surface area contributed by atoms with Crippen molar-refractivity contribution >= 4 is 28.2 Å². The molecule has 0 saturated heterocycles. The quantitative estimate of drug-likeness (QED) is 0.631. The van der Waals surface area contributed by atoms with E-state index in [9.17, 15) is 9.59 Å². The van der Waals surface area contributed by atoms with Crippen LogP contribution >= 0.6 is 11.3 Å². The van der Waals surface area contributed by atoms with Gasteiger partial charge in [0.2, 0.25) is 5.76 Å². The Balaban J connectivity index is 1.90. The molecule has 0 radical (unpaired) electrons. The molecule has 0 fully saturated rings. The van der Waals surface area contributed by atoms with E-state index < -0.39 is 5.91 Å². The molecule has 1 aliphatic heterocycles. The second-order valence-electron chi connectivity index (χ2n) is 6.26. The lowest BCUT2D eigenvalue weighted by atomic mass is 10.1. The van der Waals surface area contributed by atoms with Gasteiger partial charge in [-0.25, -0.2) is 5.01 Å². The number of ether oxygens (including phenoxy) is 2. The van der Waals surface area contributed by atoms with E-state index in [4.69, 9.17) is 9.47 Å². The van der Waals surface area contributed by atoms with Crippen LogP contribution in [0.4, 0.5) is 5.00 Å². The molecule has 25 heavy (non-hydrogen) atoms. The fraction of sp³-hybridized carbons (Fsp3) is 0.529. The molecule has 2 heterocycles. The predicted molar refractivity (Wildman–Crippen MR) is 95.3 cm³/mol. The summed E-state index contributed by atoms with van der Waals surface area (Å²) >= 11 is 1.49. The molecule has 7 nitrogen and oxygen atoms in total. The Hall–Kier alpha value is -2.06. The lowest BCUT2D eigenvalue weighted by molar-refractivity contribution is -0.117. The van der Waals surface area contributed by atoms with Crippen molar-refractivity contribution in [1.29, 1.82) is 0 Å². The van der Waals surface area contributed by atoms with Crippen molar-refractivity contribution in [2.75, 3.05) is 32.6 Å². The Labute approximate surface area is 150 Å². The number of hydrazine groups is 1. The number of anilines is 1. The smallest absolute Gasteiger partial charge is 0.294 e. The monoisotopic (exact) mass is 365 g/mol. The van der Waals surface area contributed by atoms with Crippen LogP contribution in [0.25, 0.3) is 0 Å². The van der Waals surface area contributed by atoms with E-state index in [1.807, 2.05) is 0 Å². The Bertz CT molecular complexity index is 696. The van der Waals surface area contributed by atoms with E-state index in [2.05, 4.69) is 10.7 Å². The van der Waals surface area contributed by atoms with Gasteiger partial charge in [0.25, 0.3) is 11.8 Å². The normalized spacial score (nSPS) is 16.8. The second kappa shape index (κ2) is 7.88. The zero-order valence-corrected chi connectivity index (χ0v) is 15.3. The van der Waals surface area contributed by atoms with E-state index in [1.165, 1.54) is 22.5 Å². The maximum Gasteiger partial charge on any atom is 0.294 e. The first-order valence-electron chi connectivity index (χ1n) is 8.45. The van der Waals surface area contributed by atoms with Gasteiger partial charge in [0.15, 0.2) is 0 Å². The van der Waals surface area contributed by atoms with Crippen LogP contribution in [0, 0.1) is 0 Å². The maximum atomic E-state index is 12.7. The summed E-state index contributed by atoms with van der Waals surface area (Å²) in [6.07, 6.45) is 6.45. The van der Waals surface area contributed by atoms with Crippen molar-refractivity contribution in [3.63, 3.8) is 0 Å². The molecule has 1 aromatic rings. The molecule has 0 saturated carbocycles. The van der Waals surface area contributed by atoms with Crippen LogP contribution in [0.15, 0.2) is 12.0 Å². The summed E-state index contributed by atoms with van der Waals surface area (Å²) < 4.78 is 10.5. The molecule has 2 aliphatic rings. The molecular formula is C17H23N3O4S. The average Bonchev–Trinajstić information content (AvgIpc) is 2.76. The summed E-state index contributed by atoms with van der Waals surface area (Å²) in [5, 5.41) is 5.02. The molecule has 1 aromatic heterocycles. The molecule has 0 unspecified atom stereocenters. The van der Waals surface area contributed by atoms with Gasteiger partial charge in [-0.15, -0.1) is 11.3 Å². The minimum Gasteiger partial charge on any atom is -0.494 e. The van der Waals surface area contributed by atoms with Gasteiger partial charge in [0, 0.05) is 19.0 Å². The fourth-order valence-electron chi connectivity index (χ4n) is 2.98. The molecule has 136 valence electrons. The Kier molecular flexibility index (Phi) is 5.60. The van der Waals surface area contributed by atoms with Crippen molar-refractivity contribution in [3.8, 4) is 0 Å². The molecule has 0 bridgehead atoms. The first-order chi connectivity index (χ1) is 12.1. The first-order valence-corrected chi connectivity index (χ1v) is 9.26. The number of nitrogens with zero attached hydrogens (tertiary/aromatic N) is 1. The summed E-state index contributed by atoms with van der Waals surface area (Å²) in [5.41, 5.74) is 4.42. The van der Waals surface area contributed by atoms with Gasteiger partial charge in [-0.05, 0) is 31.2 Å². The number of hydrogen-bond donors (Lipinski definition) is 2. The van der Waals surface area contributed by atoms with E-state index in [1.54, 1.807) is 19.1 Å². The van der Waals surface area contributed by atoms with E-state index in [0.29, 0.717) is 23.8 Å². The van der Waals surface area contributed by atoms with Gasteiger partial charge >= 0.3 is 0 Å². The highest BCUT2D eigenvalue weighted by Gasteiger charge is 2.27. The van der Waals surface area contributed by atoms with Crippen molar-refractivity contribution in [3.05, 3.63) is 28.0 Å². The third kappa shape index (κ3) is 4.13. The standard InChI is InChI=1S/C17H23N3O4S/c1-20(2)19-16(22)14-11-6-4-3-5-7-13(11)25-17(14)18-15(21)12-10-23-8-9-24-12/h10H,3-9H2,1-2H3,(H,18,21)(H,19,22). The predicted octanol–water partition coefficient (Wildman–Crippen LogP) is 2.05. The third-order valence-corrected chi connectivity index (χ3v) is 5.28. The number of rotatable bonds is 4. The van der Waals surface area contributed by atoms with Crippen molar-refractivity contribution in [2.24, 2.45) is 0 Å². The lowest BCUT2D eigenvalue weighted by Crippen LogP contribution is -2.37. The molecule has 8 heteroatoms. The summed E-state index contributed by atoms with van der Waals surface area (Å²) in [4.78, 5) is 26.3. The van der Waals surface area contributed by atoms with Crippen LogP contribution < -0.4 is 10.7 Å². The van der Waals surface area contributed by atoms with Gasteiger partial charge in [0.1, 0.15) is 24.5 Å². The van der Waals surface area contributed by atoms with Crippen molar-refractivity contribution in [2.45, 2.75) is 32.1 Å². The molecule has 1 aliphatic carbocycles. The summed E-state index contributed by atoms with van der Waals surface area (Å²) in [6, 6.07) is 0. The van der Waals surface area contributed by atoms with Gasteiger partial charge < -0.3 is 14.8 Å². The topological polar surface area (TPSA) is 79.9 Å². The molecule has 2 N–H and O–H groups in total. The van der Waals surface area contributed by atoms with Crippen LogP contribution in [0.5, 0.6) is 0 Å². The van der Waals surface area contributed by atoms with Crippen LogP contribution in [-0.4, -0.2) is 44.1 Å². The van der Waals surface area contributed by atoms with Crippen LogP contribution in [0.3, 0.4) is 0 Å². The van der Waals surface area contributed by atoms with Gasteiger partial charge in [-0.2, -0.15) is 0 Å². The van der Waals surface area contributed by atoms with Crippen molar-refractivity contribution < 1.29 is 19.1 Å². The number of fused-ring (bicyclic) bond motifs is 1. The zero-order valence-electron chi connectivity index (χ0n) is 14.5. The number of carbonyl (C=O) groups is 2. The number of nitrogens with one attached hydrogen (secondary N) is 2. The molecule has 0 atom stereocenters. The van der Waals surface area contributed by atoms with Crippen LogP contribution in [0.1, 0.15) is 40.1 Å². The zero-order chi connectivity index (χ0) is 17.8. The van der Waals surface area contributed by atoms with E-state index >= 15 is 0 Å². The minimum absolute atomic E-state index is 0.133. The first kappa shape index (κ1) is 17.8. The SMILES string of the molecule is CN(C)NC(=O)c1c(NC(=O)C2=COCCO2)sc2c1CCCCC2. The maximum absolute atomic E-state index is 12.7. The minimum atomic E-state index is -0.394. The van der Waals surface area contributed by atoms with Gasteiger partial charge in [-0.1, -0.05) is 6.42 Å². The van der Waals surface area contributed by atoms with E-state index in [-0.39, 0.29) is 11.7 Å². The molecule has 0 aromatic carbocycles. The lowest BCUT2D eigenvalue weighted by Gasteiger charge is -2.16. The summed E-state index contributed by atoms with van der Waals surface area (Å²) in [7, 11) is 3.53. The molecule has 3 rings (SSSR count). The fourth-order valence-corrected chi connectivity index (χ4v) is 4.26. The summed E-state index contributed by atoms with van der Waals surface area (Å²) in [5.74, 6) is -0.460. The van der Waals surface area contributed by atoms with Crippen molar-refractivity contribution in [1.82, 2.24) is 10.4 Å². The number of aryl methyl sites for hydroxylation is 1. The number of carbonyl (C=O) groups excluding carboxylic acids is 2. The Morgan fingerprint density at radius 1 is 1.12 bits per heavy atom. The van der Waals surface area contributed by atoms with Gasteiger partial charge in [-0.3, -0.25) is 15.0 Å². The third-order valence-electron chi connectivity index (χ3n) is 4.07. The highest BCUT2D eigenvalue weighted by Crippen LogP contribution is 2.37. The van der Waals surface area contributed by atoms with E-state index in [0.717, 1.165) is 37.7 Å². The molecule has 0 spiro atoms. The second-order valence-corrected chi connectivity index (χ2v) is 7.36. The Morgan fingerprint density at radius 3 is 2.64 bits per heavy atom. The Morgan fingerprint density at radius 2 is 1.92 bits per heavy atom. The molecular weight excluding hydrogens is 342 g/mol. The largest absolute Gasteiger partial charge is 0.494 e. The number of thiophene rings is 1.